The Kier molecular flexibility index (Phi) is 4.22. The molecule has 0 radical (unpaired) electrons. The molecule has 0 aliphatic heterocycles. The van der Waals surface area contributed by atoms with Crippen LogP contribution >= 0.6 is 11.3 Å². The highest BCUT2D eigenvalue weighted by molar-refractivity contribution is 7.07. The second-order valence-electron chi connectivity index (χ2n) is 4.44. The lowest BCUT2D eigenvalue weighted by Crippen LogP contribution is -2.08. The molecule has 0 aliphatic carbocycles. The third-order valence-corrected chi connectivity index (χ3v) is 3.76. The maximum Gasteiger partial charge on any atom is 0.337 e. The maximum atomic E-state index is 11.4. The topological polar surface area (TPSA) is 38.3 Å². The van der Waals surface area contributed by atoms with E-state index in [1.54, 1.807) is 17.4 Å². The summed E-state index contributed by atoms with van der Waals surface area (Å²) in [4.78, 5) is 11.4. The number of anilines is 1. The van der Waals surface area contributed by atoms with Crippen molar-refractivity contribution in [1.29, 1.82) is 0 Å². The van der Waals surface area contributed by atoms with Gasteiger partial charge >= 0.3 is 5.97 Å². The molecule has 19 heavy (non-hydrogen) atoms. The van der Waals surface area contributed by atoms with E-state index in [2.05, 4.69) is 29.1 Å². The van der Waals surface area contributed by atoms with Gasteiger partial charge in [0, 0.05) is 11.7 Å². The molecule has 0 amide bonds. The van der Waals surface area contributed by atoms with E-state index in [-0.39, 0.29) is 12.0 Å². The molecule has 0 saturated carbocycles. The van der Waals surface area contributed by atoms with Crippen molar-refractivity contribution in [2.75, 3.05) is 12.4 Å². The van der Waals surface area contributed by atoms with Crippen LogP contribution in [0.15, 0.2) is 35.0 Å². The number of aryl methyl sites for hydroxylation is 1. The average molecular weight is 275 g/mol. The molecule has 0 aliphatic rings. The lowest BCUT2D eigenvalue weighted by Gasteiger charge is -2.16. The molecule has 3 nitrogen and oxygen atoms in total. The number of hydrogen-bond acceptors (Lipinski definition) is 4. The van der Waals surface area contributed by atoms with Crippen molar-refractivity contribution in [3.8, 4) is 0 Å². The number of ether oxygens (including phenoxy) is 1. The van der Waals surface area contributed by atoms with Gasteiger partial charge in [0.1, 0.15) is 0 Å². The van der Waals surface area contributed by atoms with Gasteiger partial charge in [0.2, 0.25) is 0 Å². The van der Waals surface area contributed by atoms with Crippen LogP contribution in [0.25, 0.3) is 0 Å². The monoisotopic (exact) mass is 275 g/mol. The Morgan fingerprint density at radius 2 is 2.16 bits per heavy atom. The number of nitrogens with one attached hydrogen (secondary N) is 1. The second-order valence-corrected chi connectivity index (χ2v) is 5.22. The smallest absolute Gasteiger partial charge is 0.337 e. The number of methoxy groups -OCH3 is 1. The van der Waals surface area contributed by atoms with Crippen molar-refractivity contribution in [3.05, 3.63) is 51.7 Å². The summed E-state index contributed by atoms with van der Waals surface area (Å²) in [7, 11) is 1.39. The largest absolute Gasteiger partial charge is 0.465 e. The van der Waals surface area contributed by atoms with Crippen LogP contribution in [0.4, 0.5) is 5.69 Å². The zero-order chi connectivity index (χ0) is 13.8. The number of carbonyl (C=O) groups is 1. The Labute approximate surface area is 117 Å². The van der Waals surface area contributed by atoms with E-state index in [9.17, 15) is 4.79 Å². The van der Waals surface area contributed by atoms with Gasteiger partial charge in [-0.3, -0.25) is 0 Å². The number of thiophene rings is 1. The molecule has 2 aromatic rings. The molecule has 0 fully saturated rings. The minimum absolute atomic E-state index is 0.244. The van der Waals surface area contributed by atoms with Gasteiger partial charge in [0.25, 0.3) is 0 Å². The van der Waals surface area contributed by atoms with Gasteiger partial charge in [0.15, 0.2) is 0 Å². The maximum absolute atomic E-state index is 11.4. The van der Waals surface area contributed by atoms with Crippen LogP contribution in [0.2, 0.25) is 0 Å². The Morgan fingerprint density at radius 3 is 2.74 bits per heavy atom. The standard InChI is InChI=1S/C15H17NO2S/c1-10-8-12(15(17)18-3)4-5-14(10)16-11(2)13-6-7-19-9-13/h4-9,11,16H,1-3H3. The third-order valence-electron chi connectivity index (χ3n) is 3.06. The lowest BCUT2D eigenvalue weighted by molar-refractivity contribution is 0.0600. The summed E-state index contributed by atoms with van der Waals surface area (Å²) < 4.78 is 4.71. The minimum Gasteiger partial charge on any atom is -0.465 e. The summed E-state index contributed by atoms with van der Waals surface area (Å²) in [5, 5.41) is 7.66. The van der Waals surface area contributed by atoms with Gasteiger partial charge < -0.3 is 10.1 Å². The first-order valence-corrected chi connectivity index (χ1v) is 7.03. The molecular formula is C15H17NO2S. The van der Waals surface area contributed by atoms with Gasteiger partial charge in [-0.15, -0.1) is 0 Å². The zero-order valence-electron chi connectivity index (χ0n) is 11.3. The molecular weight excluding hydrogens is 258 g/mol. The quantitative estimate of drug-likeness (QED) is 0.857. The van der Waals surface area contributed by atoms with Gasteiger partial charge in [-0.05, 0) is 60.0 Å². The van der Waals surface area contributed by atoms with Crippen molar-refractivity contribution in [2.45, 2.75) is 19.9 Å². The van der Waals surface area contributed by atoms with Crippen molar-refractivity contribution in [1.82, 2.24) is 0 Å². The van der Waals surface area contributed by atoms with E-state index in [0.29, 0.717) is 5.56 Å². The molecule has 4 heteroatoms. The van der Waals surface area contributed by atoms with E-state index >= 15 is 0 Å². The first-order valence-electron chi connectivity index (χ1n) is 6.09. The van der Waals surface area contributed by atoms with E-state index in [1.807, 2.05) is 19.1 Å². The van der Waals surface area contributed by atoms with Crippen molar-refractivity contribution in [3.63, 3.8) is 0 Å². The normalized spacial score (nSPS) is 11.9. The Bertz CT molecular complexity index is 564. The van der Waals surface area contributed by atoms with Crippen LogP contribution in [0.3, 0.4) is 0 Å². The summed E-state index contributed by atoms with van der Waals surface area (Å²) in [6.07, 6.45) is 0. The predicted molar refractivity (Wildman–Crippen MR) is 78.9 cm³/mol. The van der Waals surface area contributed by atoms with Gasteiger partial charge in [-0.1, -0.05) is 0 Å². The molecule has 2 rings (SSSR count). The van der Waals surface area contributed by atoms with Crippen LogP contribution in [0.5, 0.6) is 0 Å². The summed E-state index contributed by atoms with van der Waals surface area (Å²) in [6.45, 7) is 4.10. The molecule has 100 valence electrons. The van der Waals surface area contributed by atoms with E-state index in [1.165, 1.54) is 12.7 Å². The first-order chi connectivity index (χ1) is 9.11. The van der Waals surface area contributed by atoms with Crippen LogP contribution in [-0.4, -0.2) is 13.1 Å². The summed E-state index contributed by atoms with van der Waals surface area (Å²) >= 11 is 1.69. The molecule has 1 aromatic carbocycles. The SMILES string of the molecule is COC(=O)c1ccc(NC(C)c2ccsc2)c(C)c1. The van der Waals surface area contributed by atoms with E-state index < -0.39 is 0 Å². The molecule has 1 N–H and O–H groups in total. The zero-order valence-corrected chi connectivity index (χ0v) is 12.1. The molecule has 0 bridgehead atoms. The third kappa shape index (κ3) is 3.15. The number of benzene rings is 1. The summed E-state index contributed by atoms with van der Waals surface area (Å²) in [5.74, 6) is -0.305. The Hall–Kier alpha value is -1.81. The summed E-state index contributed by atoms with van der Waals surface area (Å²) in [5.41, 5.74) is 3.91. The molecule has 0 spiro atoms. The van der Waals surface area contributed by atoms with E-state index in [4.69, 9.17) is 4.74 Å². The van der Waals surface area contributed by atoms with Gasteiger partial charge in [0.05, 0.1) is 12.7 Å². The molecule has 1 unspecified atom stereocenters. The number of carbonyl (C=O) groups excluding carboxylic acids is 1. The van der Waals surface area contributed by atoms with Gasteiger partial charge in [-0.25, -0.2) is 4.79 Å². The fourth-order valence-electron chi connectivity index (χ4n) is 1.91. The van der Waals surface area contributed by atoms with E-state index in [0.717, 1.165) is 11.3 Å². The second kappa shape index (κ2) is 5.89. The molecule has 0 saturated heterocycles. The Balaban J connectivity index is 2.15. The van der Waals surface area contributed by atoms with Crippen LogP contribution in [0.1, 0.15) is 34.5 Å². The highest BCUT2D eigenvalue weighted by Crippen LogP contribution is 2.24. The molecule has 1 heterocycles. The fraction of sp³-hybridized carbons (Fsp3) is 0.267. The van der Waals surface area contributed by atoms with Gasteiger partial charge in [-0.2, -0.15) is 11.3 Å². The van der Waals surface area contributed by atoms with Crippen molar-refractivity contribution < 1.29 is 9.53 Å². The molecule has 1 aromatic heterocycles. The molecule has 1 atom stereocenters. The number of rotatable bonds is 4. The van der Waals surface area contributed by atoms with Crippen molar-refractivity contribution in [2.24, 2.45) is 0 Å². The van der Waals surface area contributed by atoms with Crippen molar-refractivity contribution >= 4 is 23.0 Å². The average Bonchev–Trinajstić information content (AvgIpc) is 2.94. The number of esters is 1. The highest BCUT2D eigenvalue weighted by atomic mass is 32.1. The number of hydrogen-bond donors (Lipinski definition) is 1. The fourth-order valence-corrected chi connectivity index (χ4v) is 2.66. The van der Waals surface area contributed by atoms with Crippen LogP contribution in [0, 0.1) is 6.92 Å². The predicted octanol–water partition coefficient (Wildman–Crippen LogP) is 4.02. The highest BCUT2D eigenvalue weighted by Gasteiger charge is 2.10. The lowest BCUT2D eigenvalue weighted by atomic mass is 10.1. The van der Waals surface area contributed by atoms with Crippen LogP contribution < -0.4 is 5.32 Å². The Morgan fingerprint density at radius 1 is 1.37 bits per heavy atom. The van der Waals surface area contributed by atoms with Crippen LogP contribution in [-0.2, 0) is 4.74 Å². The minimum atomic E-state index is -0.305. The summed E-state index contributed by atoms with van der Waals surface area (Å²) in [6, 6.07) is 7.90. The first kappa shape index (κ1) is 13.6.